The Bertz CT molecular complexity index is 853. The van der Waals surface area contributed by atoms with Crippen molar-refractivity contribution in [2.24, 2.45) is 0 Å². The molecule has 0 heterocycles. The number of benzene rings is 2. The van der Waals surface area contributed by atoms with E-state index < -0.39 is 31.4 Å². The van der Waals surface area contributed by atoms with Crippen LogP contribution < -0.4 is 5.32 Å². The van der Waals surface area contributed by atoms with E-state index in [2.05, 4.69) is 5.32 Å². The van der Waals surface area contributed by atoms with Crippen LogP contribution in [0.15, 0.2) is 54.6 Å². The second kappa shape index (κ2) is 10.8. The van der Waals surface area contributed by atoms with Crippen LogP contribution in [0, 0.1) is 0 Å². The van der Waals surface area contributed by atoms with Crippen molar-refractivity contribution in [3.63, 3.8) is 0 Å². The highest BCUT2D eigenvalue weighted by Crippen LogP contribution is 2.41. The molecule has 0 aromatic heterocycles. The van der Waals surface area contributed by atoms with Crippen LogP contribution in [0.1, 0.15) is 24.0 Å². The first-order valence-corrected chi connectivity index (χ1v) is 11.4. The molecule has 8 heteroatoms. The first kappa shape index (κ1) is 22.7. The number of phenolic OH excluding ortho intramolecular Hbond substituents is 1. The van der Waals surface area contributed by atoms with Crippen molar-refractivity contribution in [1.82, 2.24) is 5.32 Å². The maximum Gasteiger partial charge on any atom is 0.326 e. The zero-order chi connectivity index (χ0) is 21.3. The summed E-state index contributed by atoms with van der Waals surface area (Å²) in [5, 5.41) is 20.9. The molecule has 0 radical (unpaired) electrons. The van der Waals surface area contributed by atoms with Gasteiger partial charge in [-0.3, -0.25) is 9.36 Å². The number of rotatable bonds is 11. The summed E-state index contributed by atoms with van der Waals surface area (Å²) < 4.78 is 12.3. The minimum atomic E-state index is -3.68. The van der Waals surface area contributed by atoms with Crippen LogP contribution in [0.2, 0.25) is 0 Å². The fourth-order valence-corrected chi connectivity index (χ4v) is 4.36. The summed E-state index contributed by atoms with van der Waals surface area (Å²) >= 11 is 0. The molecule has 7 nitrogen and oxygen atoms in total. The summed E-state index contributed by atoms with van der Waals surface area (Å²) in [4.78, 5) is 33.6. The quantitative estimate of drug-likeness (QED) is 0.328. The average molecular weight is 419 g/mol. The van der Waals surface area contributed by atoms with Crippen LogP contribution in [0.25, 0.3) is 0 Å². The van der Waals surface area contributed by atoms with Crippen LogP contribution in [0.5, 0.6) is 5.75 Å². The van der Waals surface area contributed by atoms with Gasteiger partial charge in [-0.25, -0.2) is 4.79 Å². The first-order valence-electron chi connectivity index (χ1n) is 9.40. The number of hydrogen-bond acceptors (Lipinski definition) is 4. The molecule has 2 atom stereocenters. The van der Waals surface area contributed by atoms with Gasteiger partial charge >= 0.3 is 5.97 Å². The molecule has 29 heavy (non-hydrogen) atoms. The molecule has 0 aliphatic rings. The van der Waals surface area contributed by atoms with Crippen LogP contribution in [0.3, 0.4) is 0 Å². The molecular formula is C21H26NO6P. The number of amides is 1. The Morgan fingerprint density at radius 3 is 2.24 bits per heavy atom. The predicted molar refractivity (Wildman–Crippen MR) is 110 cm³/mol. The van der Waals surface area contributed by atoms with Gasteiger partial charge in [-0.1, -0.05) is 42.5 Å². The summed E-state index contributed by atoms with van der Waals surface area (Å²) in [5.74, 6) is -1.94. The van der Waals surface area contributed by atoms with Gasteiger partial charge < -0.3 is 20.4 Å². The van der Waals surface area contributed by atoms with E-state index in [1.807, 2.05) is 30.3 Å². The zero-order valence-electron chi connectivity index (χ0n) is 16.0. The molecule has 0 bridgehead atoms. The minimum absolute atomic E-state index is 0.00809. The smallest absolute Gasteiger partial charge is 0.326 e. The highest BCUT2D eigenvalue weighted by molar-refractivity contribution is 7.58. The number of aryl methyl sites for hydroxylation is 1. The fourth-order valence-electron chi connectivity index (χ4n) is 2.94. The number of unbranched alkanes of at least 4 members (excludes halogenated alkanes) is 1. The van der Waals surface area contributed by atoms with E-state index >= 15 is 0 Å². The Hall–Kier alpha value is -2.63. The SMILES string of the molecule is O=C(CP(=O)(O)CCCCc1ccccc1)N[C@@H](Cc1ccc(O)cc1)C(=O)O. The Morgan fingerprint density at radius 1 is 0.966 bits per heavy atom. The third-order valence-corrected chi connectivity index (χ3v) is 6.26. The van der Waals surface area contributed by atoms with Crippen molar-refractivity contribution < 1.29 is 29.3 Å². The zero-order valence-corrected chi connectivity index (χ0v) is 16.9. The van der Waals surface area contributed by atoms with Crippen molar-refractivity contribution in [3.05, 3.63) is 65.7 Å². The number of carboxylic acid groups (broad SMARTS) is 1. The van der Waals surface area contributed by atoms with E-state index in [0.717, 1.165) is 18.4 Å². The number of hydrogen-bond donors (Lipinski definition) is 4. The van der Waals surface area contributed by atoms with Crippen LogP contribution in [-0.2, 0) is 27.0 Å². The lowest BCUT2D eigenvalue weighted by atomic mass is 10.1. The van der Waals surface area contributed by atoms with Crippen LogP contribution >= 0.6 is 7.37 Å². The fraction of sp³-hybridized carbons (Fsp3) is 0.333. The summed E-state index contributed by atoms with van der Waals surface area (Å²) in [6, 6.07) is 14.5. The molecule has 1 unspecified atom stereocenters. The second-order valence-electron chi connectivity index (χ2n) is 7.00. The molecule has 0 spiro atoms. The molecule has 2 rings (SSSR count). The Kier molecular flexibility index (Phi) is 8.43. The van der Waals surface area contributed by atoms with Gasteiger partial charge in [0.05, 0.1) is 0 Å². The third-order valence-electron chi connectivity index (χ3n) is 4.47. The summed E-state index contributed by atoms with van der Waals surface area (Å²) in [5.41, 5.74) is 1.76. The maximum atomic E-state index is 12.3. The number of aromatic hydroxyl groups is 1. The first-order chi connectivity index (χ1) is 13.7. The standard InChI is InChI=1S/C21H26NO6P/c23-18-11-9-17(10-12-18)14-19(21(25)26)22-20(24)15-29(27,28)13-5-4-8-16-6-2-1-3-7-16/h1-3,6-7,9-12,19,23H,4-5,8,13-15H2,(H,22,24)(H,25,26)(H,27,28)/t19-/m0/s1. The number of aliphatic carboxylic acids is 1. The Labute approximate surface area is 169 Å². The summed E-state index contributed by atoms with van der Waals surface area (Å²) in [6.07, 6.45) is 1.45. The number of carboxylic acids is 1. The highest BCUT2D eigenvalue weighted by Gasteiger charge is 2.26. The summed E-state index contributed by atoms with van der Waals surface area (Å²) in [7, 11) is -3.68. The van der Waals surface area contributed by atoms with Crippen molar-refractivity contribution in [2.45, 2.75) is 31.7 Å². The van der Waals surface area contributed by atoms with Gasteiger partial charge in [-0.15, -0.1) is 0 Å². The van der Waals surface area contributed by atoms with Gasteiger partial charge in [-0.2, -0.15) is 0 Å². The number of carbonyl (C=O) groups excluding carboxylic acids is 1. The van der Waals surface area contributed by atoms with Gasteiger partial charge in [0.25, 0.3) is 0 Å². The molecule has 0 fully saturated rings. The molecule has 0 aliphatic carbocycles. The van der Waals surface area contributed by atoms with Crippen LogP contribution in [-0.4, -0.2) is 45.3 Å². The van der Waals surface area contributed by atoms with Gasteiger partial charge in [-0.05, 0) is 42.5 Å². The van der Waals surface area contributed by atoms with E-state index in [9.17, 15) is 29.3 Å². The molecule has 4 N–H and O–H groups in total. The molecule has 2 aromatic rings. The van der Waals surface area contributed by atoms with Crippen LogP contribution in [0.4, 0.5) is 0 Å². The van der Waals surface area contributed by atoms with Gasteiger partial charge in [0.2, 0.25) is 13.3 Å². The molecule has 0 saturated carbocycles. The Morgan fingerprint density at radius 2 is 1.62 bits per heavy atom. The normalized spacial score (nSPS) is 14.0. The van der Waals surface area contributed by atoms with E-state index in [-0.39, 0.29) is 18.3 Å². The highest BCUT2D eigenvalue weighted by atomic mass is 31.2. The largest absolute Gasteiger partial charge is 0.508 e. The van der Waals surface area contributed by atoms with Crippen molar-refractivity contribution in [2.75, 3.05) is 12.3 Å². The lowest BCUT2D eigenvalue weighted by molar-refractivity contribution is -0.141. The monoisotopic (exact) mass is 419 g/mol. The molecule has 0 aliphatic heterocycles. The van der Waals surface area contributed by atoms with Gasteiger partial charge in [0, 0.05) is 12.6 Å². The predicted octanol–water partition coefficient (Wildman–Crippen LogP) is 2.80. The lowest BCUT2D eigenvalue weighted by Crippen LogP contribution is -2.43. The molecule has 0 saturated heterocycles. The molecule has 156 valence electrons. The van der Waals surface area contributed by atoms with E-state index in [1.54, 1.807) is 12.1 Å². The molecule has 1 amide bonds. The number of phenols is 1. The lowest BCUT2D eigenvalue weighted by Gasteiger charge is -2.17. The molecular weight excluding hydrogens is 393 g/mol. The van der Waals surface area contributed by atoms with Crippen molar-refractivity contribution in [1.29, 1.82) is 0 Å². The minimum Gasteiger partial charge on any atom is -0.508 e. The second-order valence-corrected chi connectivity index (χ2v) is 9.46. The van der Waals surface area contributed by atoms with Crippen molar-refractivity contribution >= 4 is 19.2 Å². The third kappa shape index (κ3) is 8.50. The number of carbonyl (C=O) groups is 2. The maximum absolute atomic E-state index is 12.3. The van der Waals surface area contributed by atoms with Gasteiger partial charge in [0.1, 0.15) is 18.0 Å². The van der Waals surface area contributed by atoms with E-state index in [4.69, 9.17) is 0 Å². The Balaban J connectivity index is 1.80. The number of nitrogens with one attached hydrogen (secondary N) is 1. The summed E-state index contributed by atoms with van der Waals surface area (Å²) in [6.45, 7) is 0. The topological polar surface area (TPSA) is 124 Å². The average Bonchev–Trinajstić information content (AvgIpc) is 2.67. The van der Waals surface area contributed by atoms with E-state index in [0.29, 0.717) is 12.0 Å². The molecule has 2 aromatic carbocycles. The van der Waals surface area contributed by atoms with E-state index in [1.165, 1.54) is 12.1 Å². The van der Waals surface area contributed by atoms with Crippen molar-refractivity contribution in [3.8, 4) is 5.75 Å². The van der Waals surface area contributed by atoms with Gasteiger partial charge in [0.15, 0.2) is 0 Å².